The molecule has 0 aliphatic heterocycles. The second kappa shape index (κ2) is 16.8. The third-order valence-electron chi connectivity index (χ3n) is 8.00. The largest absolute Gasteiger partial charge is 0.103 e. The van der Waals surface area contributed by atoms with E-state index in [1.165, 1.54) is 99.3 Å². The highest BCUT2D eigenvalue weighted by molar-refractivity contribution is 5.81. The summed E-state index contributed by atoms with van der Waals surface area (Å²) in [6.07, 6.45) is 22.6. The minimum Gasteiger partial charge on any atom is -0.103 e. The molecule has 196 valence electrons. The van der Waals surface area contributed by atoms with Gasteiger partial charge in [0.05, 0.1) is 0 Å². The van der Waals surface area contributed by atoms with Crippen molar-refractivity contribution in [3.8, 4) is 0 Å². The van der Waals surface area contributed by atoms with Gasteiger partial charge in [0, 0.05) is 0 Å². The first-order valence-electron chi connectivity index (χ1n) is 14.4. The van der Waals surface area contributed by atoms with Gasteiger partial charge in [-0.1, -0.05) is 128 Å². The van der Waals surface area contributed by atoms with Crippen LogP contribution in [0.5, 0.6) is 0 Å². The Hall–Kier alpha value is -1.82. The second-order valence-electron chi connectivity index (χ2n) is 11.3. The van der Waals surface area contributed by atoms with E-state index < -0.39 is 0 Å². The van der Waals surface area contributed by atoms with E-state index in [2.05, 4.69) is 91.6 Å². The van der Waals surface area contributed by atoms with E-state index in [1.807, 2.05) is 6.08 Å². The molecule has 1 aromatic rings. The maximum atomic E-state index is 4.52. The molecule has 1 aliphatic carbocycles. The predicted octanol–water partition coefficient (Wildman–Crippen LogP) is 11.9. The van der Waals surface area contributed by atoms with E-state index >= 15 is 0 Å². The van der Waals surface area contributed by atoms with Crippen LogP contribution in [0.2, 0.25) is 0 Å². The van der Waals surface area contributed by atoms with Crippen LogP contribution in [-0.2, 0) is 0 Å². The highest BCUT2D eigenvalue weighted by Crippen LogP contribution is 2.43. The number of hydrogen-bond acceptors (Lipinski definition) is 0. The lowest BCUT2D eigenvalue weighted by Gasteiger charge is -2.32. The summed E-state index contributed by atoms with van der Waals surface area (Å²) < 4.78 is 0. The van der Waals surface area contributed by atoms with E-state index in [0.717, 1.165) is 11.5 Å². The number of allylic oxidation sites excluding steroid dienone is 4. The number of benzene rings is 1. The fourth-order valence-electron chi connectivity index (χ4n) is 5.79. The fraction of sp³-hybridized carbons (Fsp3) is 0.600. The Morgan fingerprint density at radius 1 is 1.03 bits per heavy atom. The molecular formula is C35H56. The van der Waals surface area contributed by atoms with Gasteiger partial charge in [-0.3, -0.25) is 0 Å². The molecule has 1 aliphatic rings. The lowest BCUT2D eigenvalue weighted by Crippen LogP contribution is -2.19. The van der Waals surface area contributed by atoms with Crippen LogP contribution in [0.25, 0.3) is 17.2 Å². The van der Waals surface area contributed by atoms with E-state index in [-0.39, 0.29) is 0 Å². The van der Waals surface area contributed by atoms with Gasteiger partial charge in [0.15, 0.2) is 0 Å². The van der Waals surface area contributed by atoms with Crippen molar-refractivity contribution >= 4 is 17.2 Å². The third kappa shape index (κ3) is 10.8. The van der Waals surface area contributed by atoms with Crippen molar-refractivity contribution in [3.05, 3.63) is 66.8 Å². The van der Waals surface area contributed by atoms with Crippen LogP contribution in [-0.4, -0.2) is 0 Å². The molecule has 2 unspecified atom stereocenters. The quantitative estimate of drug-likeness (QED) is 0.208. The highest BCUT2D eigenvalue weighted by Gasteiger charge is 2.29. The molecule has 0 spiro atoms. The minimum atomic E-state index is 0.478. The molecule has 0 saturated heterocycles. The van der Waals surface area contributed by atoms with Crippen LogP contribution >= 0.6 is 0 Å². The first-order valence-corrected chi connectivity index (χ1v) is 14.4. The molecule has 1 saturated carbocycles. The SMILES string of the molecule is C=C(C)c1cccc(C(=C)C(C)CC2(C)CCCCCC2)c1/C=C\C.C=CCCC(CC)CCC. The van der Waals surface area contributed by atoms with E-state index in [0.29, 0.717) is 11.3 Å². The van der Waals surface area contributed by atoms with Gasteiger partial charge >= 0.3 is 0 Å². The highest BCUT2D eigenvalue weighted by atomic mass is 14.3. The first-order chi connectivity index (χ1) is 16.7. The average molecular weight is 477 g/mol. The summed E-state index contributed by atoms with van der Waals surface area (Å²) in [6.45, 7) is 26.0. The van der Waals surface area contributed by atoms with Crippen molar-refractivity contribution in [2.45, 2.75) is 119 Å². The van der Waals surface area contributed by atoms with Gasteiger partial charge in [-0.15, -0.1) is 6.58 Å². The zero-order valence-electron chi connectivity index (χ0n) is 24.2. The van der Waals surface area contributed by atoms with Gasteiger partial charge in [-0.05, 0) is 85.5 Å². The van der Waals surface area contributed by atoms with Crippen LogP contribution in [0.4, 0.5) is 0 Å². The van der Waals surface area contributed by atoms with Crippen LogP contribution in [0.1, 0.15) is 135 Å². The van der Waals surface area contributed by atoms with E-state index in [9.17, 15) is 0 Å². The molecule has 1 fully saturated rings. The van der Waals surface area contributed by atoms with Crippen molar-refractivity contribution < 1.29 is 0 Å². The van der Waals surface area contributed by atoms with Gasteiger partial charge in [0.25, 0.3) is 0 Å². The smallest absolute Gasteiger partial charge is 0.0110 e. The van der Waals surface area contributed by atoms with Crippen molar-refractivity contribution in [2.75, 3.05) is 0 Å². The molecular weight excluding hydrogens is 420 g/mol. The summed E-state index contributed by atoms with van der Waals surface area (Å²) >= 11 is 0. The van der Waals surface area contributed by atoms with E-state index in [4.69, 9.17) is 0 Å². The summed E-state index contributed by atoms with van der Waals surface area (Å²) in [7, 11) is 0. The van der Waals surface area contributed by atoms with Gasteiger partial charge in [0.2, 0.25) is 0 Å². The normalized spacial score (nSPS) is 17.1. The summed E-state index contributed by atoms with van der Waals surface area (Å²) in [5.74, 6) is 1.45. The van der Waals surface area contributed by atoms with Crippen molar-refractivity contribution in [3.63, 3.8) is 0 Å². The van der Waals surface area contributed by atoms with Crippen LogP contribution in [0.15, 0.2) is 50.1 Å². The van der Waals surface area contributed by atoms with E-state index in [1.54, 1.807) is 0 Å². The maximum absolute atomic E-state index is 4.52. The monoisotopic (exact) mass is 476 g/mol. The molecule has 2 atom stereocenters. The Bertz CT molecular complexity index is 797. The molecule has 1 aromatic carbocycles. The Kier molecular flexibility index (Phi) is 15.0. The molecule has 0 heterocycles. The lowest BCUT2D eigenvalue weighted by atomic mass is 9.73. The molecule has 2 rings (SSSR count). The molecule has 0 heteroatoms. The van der Waals surface area contributed by atoms with Crippen molar-refractivity contribution in [1.29, 1.82) is 0 Å². The molecule has 35 heavy (non-hydrogen) atoms. The van der Waals surface area contributed by atoms with Gasteiger partial charge < -0.3 is 0 Å². The lowest BCUT2D eigenvalue weighted by molar-refractivity contribution is 0.233. The molecule has 0 radical (unpaired) electrons. The summed E-state index contributed by atoms with van der Waals surface area (Å²) in [6, 6.07) is 6.55. The zero-order chi connectivity index (χ0) is 26.3. The summed E-state index contributed by atoms with van der Waals surface area (Å²) in [5.41, 5.74) is 6.69. The fourth-order valence-corrected chi connectivity index (χ4v) is 5.79. The third-order valence-corrected chi connectivity index (χ3v) is 8.00. The molecule has 0 aromatic heterocycles. The number of hydrogen-bond donors (Lipinski definition) is 0. The molecule has 0 amide bonds. The Morgan fingerprint density at radius 3 is 2.17 bits per heavy atom. The topological polar surface area (TPSA) is 0 Å². The van der Waals surface area contributed by atoms with Crippen LogP contribution in [0, 0.1) is 17.3 Å². The van der Waals surface area contributed by atoms with Crippen molar-refractivity contribution in [1.82, 2.24) is 0 Å². The number of rotatable bonds is 12. The second-order valence-corrected chi connectivity index (χ2v) is 11.3. The Balaban J connectivity index is 0.000000518. The van der Waals surface area contributed by atoms with Gasteiger partial charge in [0.1, 0.15) is 0 Å². The zero-order valence-corrected chi connectivity index (χ0v) is 24.2. The Labute approximate surface area is 219 Å². The molecule has 0 bridgehead atoms. The Morgan fingerprint density at radius 2 is 1.66 bits per heavy atom. The van der Waals surface area contributed by atoms with Gasteiger partial charge in [-0.2, -0.15) is 0 Å². The van der Waals surface area contributed by atoms with Crippen LogP contribution in [0.3, 0.4) is 0 Å². The summed E-state index contributed by atoms with van der Waals surface area (Å²) in [4.78, 5) is 0. The van der Waals surface area contributed by atoms with Crippen LogP contribution < -0.4 is 0 Å². The first kappa shape index (κ1) is 31.2. The molecule has 0 N–H and O–H groups in total. The average Bonchev–Trinajstić information content (AvgIpc) is 3.06. The standard InChI is InChI=1S/C25H36.C10H20/c1-7-13-24-22(19(2)3)14-12-15-23(24)21(5)20(4)18-25(6)16-10-8-9-11-17-25;1-4-7-9-10(6-3)8-5-2/h7,12-15,20H,2,5,8-11,16-18H2,1,3-4,6H3;4,10H,1,5-9H2,2-3H3/b13-7-;. The maximum Gasteiger partial charge on any atom is -0.0110 e. The molecule has 0 nitrogen and oxygen atoms in total. The minimum absolute atomic E-state index is 0.478. The van der Waals surface area contributed by atoms with Crippen molar-refractivity contribution in [2.24, 2.45) is 17.3 Å². The predicted molar refractivity (Wildman–Crippen MR) is 163 cm³/mol. The summed E-state index contributed by atoms with van der Waals surface area (Å²) in [5, 5.41) is 0. The van der Waals surface area contributed by atoms with Gasteiger partial charge in [-0.25, -0.2) is 0 Å².